The van der Waals surface area contributed by atoms with E-state index in [1.54, 1.807) is 61.6 Å². The first-order chi connectivity index (χ1) is 35.7. The van der Waals surface area contributed by atoms with Gasteiger partial charge in [0.2, 0.25) is 23.6 Å². The number of carbonyl (C=O) groups is 9. The van der Waals surface area contributed by atoms with Crippen LogP contribution in [0, 0.1) is 23.7 Å². The number of carboxylic acids is 2. The topological polar surface area (TPSA) is 405 Å². The molecule has 3 rings (SSSR count). The van der Waals surface area contributed by atoms with Gasteiger partial charge in [0, 0.05) is 12.8 Å². The Morgan fingerprint density at radius 3 is 1.26 bits per heavy atom. The number of hydrogen-bond donors (Lipinski definition) is 11. The van der Waals surface area contributed by atoms with E-state index in [2.05, 4.69) is 41.9 Å². The van der Waals surface area contributed by atoms with Crippen molar-refractivity contribution in [2.24, 2.45) is 46.6 Å². The molecule has 0 aliphatic carbocycles. The van der Waals surface area contributed by atoms with Crippen LogP contribution < -0.4 is 65.0 Å². The third-order valence-corrected chi connectivity index (χ3v) is 12.0. The molecule has 0 spiro atoms. The zero-order valence-corrected chi connectivity index (χ0v) is 45.5. The minimum atomic E-state index is -1.36. The Balaban J connectivity index is 0.000000571. The van der Waals surface area contributed by atoms with Gasteiger partial charge in [-0.2, -0.15) is 0 Å². The van der Waals surface area contributed by atoms with Gasteiger partial charge in [0.1, 0.15) is 12.1 Å². The third-order valence-electron chi connectivity index (χ3n) is 11.6. The van der Waals surface area contributed by atoms with Gasteiger partial charge in [-0.05, 0) is 34.8 Å². The molecule has 0 saturated heterocycles. The summed E-state index contributed by atoms with van der Waals surface area (Å²) in [5.74, 6) is -6.68. The molecule has 0 fully saturated rings. The zero-order chi connectivity index (χ0) is 57.7. The van der Waals surface area contributed by atoms with E-state index >= 15 is 0 Å². The van der Waals surface area contributed by atoms with Crippen LogP contribution in [0.15, 0.2) is 73.2 Å². The van der Waals surface area contributed by atoms with Gasteiger partial charge in [0.15, 0.2) is 0 Å². The first-order valence-electron chi connectivity index (χ1n) is 25.1. The van der Waals surface area contributed by atoms with Crippen molar-refractivity contribution in [1.29, 1.82) is 0 Å². The summed E-state index contributed by atoms with van der Waals surface area (Å²) in [5, 5.41) is 37.8. The Hall–Kier alpha value is -6.56. The number of benzene rings is 2. The maximum absolute atomic E-state index is 12.6. The number of unbranched alkanes of at least 4 members (excludes halogenated alkanes) is 1. The van der Waals surface area contributed by atoms with Crippen molar-refractivity contribution >= 4 is 52.1 Å². The standard InChI is InChI=1S/2C19H29N3O4.C14H23N6O3.Cu/c2*1-11(2)15(20)18(24)21-14(10-13-8-6-5-7-9-13)17(23)22-16(12(3)4)19(25)26;15-4-2-1-3-10(8-21)19-14(23)12(20-13(22)6-16)5-11-7-17-9-18-11;/h2*5-9,11-12,14-16H,10,20H2,1-4H3,(H,21,24)(H,22,23)(H,25,26);7,9-10,12H,1-6,15-16H2,(H,17,18)(H,19,23)(H,20,22);/q;;;+2/p-2/t2*14-,15-,16-;10-,12-;/m000./s1. The number of H-pyrrole nitrogens is 1. The predicted octanol–water partition coefficient (Wildman–Crippen LogP) is -2.74. The van der Waals surface area contributed by atoms with Crippen LogP contribution in [0.5, 0.6) is 0 Å². The van der Waals surface area contributed by atoms with Crippen molar-refractivity contribution in [3.05, 3.63) is 90.0 Å². The molecule has 6 amide bonds. The van der Waals surface area contributed by atoms with Crippen molar-refractivity contribution in [2.45, 2.75) is 142 Å². The summed E-state index contributed by atoms with van der Waals surface area (Å²) in [7, 11) is 0. The molecule has 0 radical (unpaired) electrons. The summed E-state index contributed by atoms with van der Waals surface area (Å²) >= 11 is 4.83. The number of hydrogen-bond acceptors (Lipinski definition) is 16. The Morgan fingerprint density at radius 1 is 0.539 bits per heavy atom. The molecule has 0 aliphatic rings. The molecule has 23 nitrogen and oxygen atoms in total. The predicted molar refractivity (Wildman–Crippen MR) is 276 cm³/mol. The zero-order valence-electron chi connectivity index (χ0n) is 44.6. The number of nitrogens with one attached hydrogen (secondary N) is 7. The number of carboxylic acid groups (broad SMARTS) is 2. The van der Waals surface area contributed by atoms with Crippen LogP contribution in [-0.4, -0.2) is 123 Å². The second-order valence-corrected chi connectivity index (χ2v) is 19.8. The molecule has 1 aromatic heterocycles. The number of nitrogens with zero attached hydrogens (tertiary/aromatic N) is 1. The van der Waals surface area contributed by atoms with Gasteiger partial charge in [-0.3, -0.25) is 19.2 Å². The Labute approximate surface area is 453 Å². The fourth-order valence-corrected chi connectivity index (χ4v) is 7.03. The molecule has 3 aromatic rings. The molecular formula is C52H79CuN12O11. The molecule has 76 heavy (non-hydrogen) atoms. The van der Waals surface area contributed by atoms with Crippen molar-refractivity contribution in [3.63, 3.8) is 0 Å². The molecule has 15 N–H and O–H groups in total. The van der Waals surface area contributed by atoms with Crippen LogP contribution in [-0.2, 0) is 78.4 Å². The molecular weight excluding hydrogens is 1030 g/mol. The minimum absolute atomic E-state index is 0.0953. The van der Waals surface area contributed by atoms with Crippen LogP contribution in [0.3, 0.4) is 0 Å². The molecule has 8 atom stereocenters. The van der Waals surface area contributed by atoms with Gasteiger partial charge in [0.25, 0.3) is 0 Å². The van der Waals surface area contributed by atoms with E-state index in [0.717, 1.165) is 17.5 Å². The number of amides is 6. The first kappa shape index (κ1) is 67.5. The van der Waals surface area contributed by atoms with Crippen LogP contribution in [0.2, 0.25) is 0 Å². The number of rotatable bonds is 29. The Morgan fingerprint density at radius 2 is 0.934 bits per heavy atom. The quantitative estimate of drug-likeness (QED) is 0.0248. The second kappa shape index (κ2) is 35.7. The van der Waals surface area contributed by atoms with Crippen molar-refractivity contribution in [1.82, 2.24) is 41.9 Å². The molecule has 0 bridgehead atoms. The summed E-state index contributed by atoms with van der Waals surface area (Å²) in [4.78, 5) is 115. The van der Waals surface area contributed by atoms with Crippen LogP contribution in [0.4, 0.5) is 0 Å². The van der Waals surface area contributed by atoms with Gasteiger partial charge in [0.05, 0.1) is 36.1 Å². The number of aromatic amines is 1. The fourth-order valence-electron chi connectivity index (χ4n) is 6.83. The van der Waals surface area contributed by atoms with E-state index in [1.807, 2.05) is 60.7 Å². The van der Waals surface area contributed by atoms with Crippen molar-refractivity contribution < 1.29 is 69.4 Å². The summed E-state index contributed by atoms with van der Waals surface area (Å²) in [6.45, 7) is 14.1. The summed E-state index contributed by atoms with van der Waals surface area (Å²) in [5.41, 5.74) is 24.7. The first-order valence-corrected chi connectivity index (χ1v) is 25.6. The molecule has 0 unspecified atom stereocenters. The number of nitrogens with two attached hydrogens (primary N) is 4. The fraction of sp³-hybridized carbons (Fsp3) is 0.538. The average Bonchev–Trinajstić information content (AvgIpc) is 3.89. The van der Waals surface area contributed by atoms with Crippen molar-refractivity contribution in [2.75, 3.05) is 13.1 Å². The number of carbonyl (C=O) groups excluding carboxylic acids is 9. The molecule has 0 aliphatic heterocycles. The Kier molecular flexibility index (Phi) is 31.6. The van der Waals surface area contributed by atoms with Gasteiger partial charge in [-0.25, -0.2) is 0 Å². The normalized spacial score (nSPS) is 14.1. The average molecular weight is 1110 g/mol. The van der Waals surface area contributed by atoms with Gasteiger partial charge >= 0.3 is 148 Å². The van der Waals surface area contributed by atoms with Gasteiger partial charge in [-0.1, -0.05) is 116 Å². The summed E-state index contributed by atoms with van der Waals surface area (Å²) in [6.07, 6.45) is 5.50. The van der Waals surface area contributed by atoms with E-state index in [-0.39, 0.29) is 49.5 Å². The summed E-state index contributed by atoms with van der Waals surface area (Å²) in [6, 6.07) is 10.9. The molecule has 2 aromatic carbocycles. The van der Waals surface area contributed by atoms with E-state index in [4.69, 9.17) is 38.9 Å². The third kappa shape index (κ3) is 25.8. The number of imidazole rings is 1. The maximum atomic E-state index is 12.6. The van der Waals surface area contributed by atoms with Gasteiger partial charge in [-0.15, -0.1) is 0 Å². The molecule has 0 saturated carbocycles. The number of aromatic nitrogens is 2. The number of aliphatic carboxylic acids is 2. The second-order valence-electron chi connectivity index (χ2n) is 19.3. The monoisotopic (exact) mass is 1110 g/mol. The SMILES string of the molecule is CC(C)[C@H](N)C(=O)N[C@@H](Cc1ccccc1)C(=O)N[C@H](C(=O)[O-])C(C)C.CC(C)[C@H](N)C(=O)N[C@@H](Cc1ccccc1)C(=O)N[C@H](C(=O)[O-])C(C)C.NCCCC[C@H](NC(=O)[C@H](Cc1c[nH]cn1)NC(=O)CN)[C](=O)[Cu+2]. The van der Waals surface area contributed by atoms with Crippen LogP contribution in [0.1, 0.15) is 91.5 Å². The van der Waals surface area contributed by atoms with Crippen LogP contribution >= 0.6 is 0 Å². The molecule has 24 heteroatoms. The van der Waals surface area contributed by atoms with Crippen molar-refractivity contribution in [3.8, 4) is 0 Å². The molecule has 1 heterocycles. The van der Waals surface area contributed by atoms with E-state index < -0.39 is 100 Å². The molecule has 424 valence electrons. The van der Waals surface area contributed by atoms with E-state index in [0.29, 0.717) is 25.1 Å². The van der Waals surface area contributed by atoms with Gasteiger partial charge < -0.3 is 52.5 Å². The van der Waals surface area contributed by atoms with E-state index in [1.165, 1.54) is 6.33 Å². The Bertz CT molecular complexity index is 2160. The van der Waals surface area contributed by atoms with E-state index in [9.17, 15) is 53.4 Å². The summed E-state index contributed by atoms with van der Waals surface area (Å²) < 4.78 is -0.573. The van der Waals surface area contributed by atoms with Crippen LogP contribution in [0.25, 0.3) is 0 Å².